The monoisotopic (exact) mass is 1190 g/mol. The van der Waals surface area contributed by atoms with Crippen LogP contribution in [0.15, 0.2) is 114 Å². The normalized spacial score (nSPS) is 24.1. The summed E-state index contributed by atoms with van der Waals surface area (Å²) in [4.78, 5) is 68.5. The number of rotatable bonds is 20. The number of halogens is 5. The number of imide groups is 1. The van der Waals surface area contributed by atoms with E-state index in [9.17, 15) is 24.0 Å². The molecular formula is C54H50BrCl4NO16. The van der Waals surface area contributed by atoms with Crippen molar-refractivity contribution in [3.05, 3.63) is 162 Å². The van der Waals surface area contributed by atoms with E-state index in [-0.39, 0.29) is 29.9 Å². The minimum Gasteiger partial charge on any atom is -0.496 e. The summed E-state index contributed by atoms with van der Waals surface area (Å²) in [5, 5.41) is -1.43. The predicted octanol–water partition coefficient (Wildman–Crippen LogP) is 9.76. The van der Waals surface area contributed by atoms with Crippen molar-refractivity contribution in [3.63, 3.8) is 0 Å². The van der Waals surface area contributed by atoms with Crippen molar-refractivity contribution in [1.29, 1.82) is 0 Å². The van der Waals surface area contributed by atoms with Gasteiger partial charge in [0.25, 0.3) is 11.8 Å². The smallest absolute Gasteiger partial charge is 0.303 e. The highest BCUT2D eigenvalue weighted by atomic mass is 79.9. The van der Waals surface area contributed by atoms with E-state index in [1.807, 2.05) is 91.0 Å². The van der Waals surface area contributed by atoms with Gasteiger partial charge >= 0.3 is 17.9 Å². The molecule has 402 valence electrons. The number of ether oxygens (including phenoxy) is 11. The highest BCUT2D eigenvalue weighted by molar-refractivity contribution is 9.10. The molecule has 2 amide bonds. The van der Waals surface area contributed by atoms with Gasteiger partial charge in [-0.15, -0.1) is 0 Å². The predicted molar refractivity (Wildman–Crippen MR) is 278 cm³/mol. The Balaban J connectivity index is 1.24. The molecule has 3 aliphatic rings. The van der Waals surface area contributed by atoms with Gasteiger partial charge in [0.1, 0.15) is 54.7 Å². The fourth-order valence-corrected chi connectivity index (χ4v) is 10.5. The zero-order valence-corrected chi connectivity index (χ0v) is 45.7. The van der Waals surface area contributed by atoms with Crippen LogP contribution >= 0.6 is 62.3 Å². The van der Waals surface area contributed by atoms with Gasteiger partial charge in [0.15, 0.2) is 18.5 Å². The number of benzene rings is 5. The van der Waals surface area contributed by atoms with Crippen LogP contribution in [0.4, 0.5) is 0 Å². The van der Waals surface area contributed by atoms with Crippen molar-refractivity contribution in [3.8, 4) is 11.5 Å². The Labute approximate surface area is 465 Å². The first-order chi connectivity index (χ1) is 36.5. The van der Waals surface area contributed by atoms with Crippen LogP contribution in [0.25, 0.3) is 0 Å². The summed E-state index contributed by atoms with van der Waals surface area (Å²) >= 11 is 29.6. The molecule has 0 unspecified atom stereocenters. The number of hydrogen-bond donors (Lipinski definition) is 0. The van der Waals surface area contributed by atoms with Crippen LogP contribution in [-0.4, -0.2) is 116 Å². The molecule has 0 radical (unpaired) electrons. The van der Waals surface area contributed by atoms with Gasteiger partial charge in [-0.3, -0.25) is 28.9 Å². The molecule has 2 saturated heterocycles. The SMILES string of the molecule is COc1ccc(O[C@@H]2O[C@H](CO[C@@H]3O[C@H](COC(C)=O)[C@@H](OC(C)=O)[C@H](OC(C)=O)[C@H]3N3C(=O)c4c(Cl)c(Cl)c(Cl)c(Cl)c4C3=O)[C@H](OCc3ccccc3)[C@H](OCc3ccccc3)[C@H]2OCc2ccccc2)cc1Br. The number of amides is 2. The van der Waals surface area contributed by atoms with Crippen molar-refractivity contribution >= 4 is 92.1 Å². The number of nitrogens with zero attached hydrogens (tertiary/aromatic N) is 1. The molecule has 0 spiro atoms. The van der Waals surface area contributed by atoms with Gasteiger partial charge in [0, 0.05) is 20.8 Å². The van der Waals surface area contributed by atoms with Crippen molar-refractivity contribution in [2.24, 2.45) is 0 Å². The lowest BCUT2D eigenvalue weighted by molar-refractivity contribution is -0.327. The molecule has 22 heteroatoms. The molecule has 3 aliphatic heterocycles. The summed E-state index contributed by atoms with van der Waals surface area (Å²) in [7, 11) is 1.53. The van der Waals surface area contributed by atoms with Crippen molar-refractivity contribution in [1.82, 2.24) is 4.90 Å². The van der Waals surface area contributed by atoms with E-state index in [1.54, 1.807) is 18.2 Å². The molecule has 76 heavy (non-hydrogen) atoms. The van der Waals surface area contributed by atoms with Gasteiger partial charge in [-0.2, -0.15) is 0 Å². The molecule has 0 aromatic heterocycles. The second-order valence-corrected chi connectivity index (χ2v) is 19.9. The third-order valence-electron chi connectivity index (χ3n) is 12.3. The number of hydrogen-bond acceptors (Lipinski definition) is 16. The zero-order valence-electron chi connectivity index (χ0n) is 41.1. The first-order valence-corrected chi connectivity index (χ1v) is 26.0. The van der Waals surface area contributed by atoms with Crippen molar-refractivity contribution in [2.75, 3.05) is 20.3 Å². The van der Waals surface area contributed by atoms with Crippen LogP contribution in [0.2, 0.25) is 20.1 Å². The molecular weight excluding hydrogens is 1140 g/mol. The molecule has 5 aromatic rings. The van der Waals surface area contributed by atoms with E-state index in [0.29, 0.717) is 20.9 Å². The third-order valence-corrected chi connectivity index (χ3v) is 14.8. The molecule has 0 saturated carbocycles. The molecule has 3 heterocycles. The zero-order chi connectivity index (χ0) is 54.2. The van der Waals surface area contributed by atoms with Crippen LogP contribution in [0, 0.1) is 0 Å². The fourth-order valence-electron chi connectivity index (χ4n) is 8.95. The summed E-state index contributed by atoms with van der Waals surface area (Å²) in [6.45, 7) is 2.36. The number of carbonyl (C=O) groups is 5. The molecule has 17 nitrogen and oxygen atoms in total. The maximum atomic E-state index is 14.8. The van der Waals surface area contributed by atoms with Crippen LogP contribution in [0.3, 0.4) is 0 Å². The Morgan fingerprint density at radius 2 is 1.03 bits per heavy atom. The van der Waals surface area contributed by atoms with Crippen LogP contribution in [0.1, 0.15) is 58.2 Å². The maximum absolute atomic E-state index is 14.8. The van der Waals surface area contributed by atoms with Gasteiger partial charge in [-0.05, 0) is 50.8 Å². The lowest BCUT2D eigenvalue weighted by Gasteiger charge is -2.48. The quantitative estimate of drug-likeness (QED) is 0.0235. The topological polar surface area (TPSA) is 190 Å². The third kappa shape index (κ3) is 13.1. The van der Waals surface area contributed by atoms with Crippen LogP contribution in [0.5, 0.6) is 11.5 Å². The number of methoxy groups -OCH3 is 1. The number of fused-ring (bicyclic) bond motifs is 1. The fraction of sp³-hybridized carbons (Fsp3) is 0.352. The molecule has 8 rings (SSSR count). The molecule has 2 fully saturated rings. The Hall–Kier alpha value is -5.35. The first kappa shape index (κ1) is 56.8. The minimum atomic E-state index is -1.83. The van der Waals surface area contributed by atoms with Gasteiger partial charge in [-0.25, -0.2) is 0 Å². The van der Waals surface area contributed by atoms with Crippen LogP contribution in [-0.2, 0) is 76.8 Å². The first-order valence-electron chi connectivity index (χ1n) is 23.6. The maximum Gasteiger partial charge on any atom is 0.303 e. The highest BCUT2D eigenvalue weighted by Crippen LogP contribution is 2.47. The summed E-state index contributed by atoms with van der Waals surface area (Å²) in [5.41, 5.74) is 1.60. The standard InChI is InChI=1S/C54H50BrCl4NO16/c1-28(61)67-26-38-47(72-29(2)62)48(73-30(3)63)45(60-51(64)39-40(52(60)65)42(57)44(59)43(58)41(39)56)53(75-38)71-27-37-46(68-23-31-14-8-5-9-15-31)49(69-24-32-16-10-6-11-17-32)50(70-25-33-18-12-7-13-19-33)54(76-37)74-34-20-21-36(66-4)35(55)22-34/h5-22,37-38,45-50,53-54H,23-27H2,1-4H3/t37-,38-,45-,46+,47-,48-,49+,50-,53-,54-/m1/s1. The largest absolute Gasteiger partial charge is 0.496 e. The van der Waals surface area contributed by atoms with Gasteiger partial charge in [0.2, 0.25) is 6.29 Å². The number of carbonyl (C=O) groups excluding carboxylic acids is 5. The molecule has 0 bridgehead atoms. The number of esters is 3. The Bertz CT molecular complexity index is 2840. The van der Waals surface area contributed by atoms with Gasteiger partial charge < -0.3 is 52.1 Å². The molecule has 0 aliphatic carbocycles. The Morgan fingerprint density at radius 3 is 1.51 bits per heavy atom. The van der Waals surface area contributed by atoms with Gasteiger partial charge in [-0.1, -0.05) is 137 Å². The molecule has 10 atom stereocenters. The summed E-state index contributed by atoms with van der Waals surface area (Å²) < 4.78 is 70.4. The molecule has 0 N–H and O–H groups in total. The van der Waals surface area contributed by atoms with E-state index >= 15 is 0 Å². The lowest BCUT2D eigenvalue weighted by atomic mass is 9.94. The van der Waals surface area contributed by atoms with Crippen molar-refractivity contribution in [2.45, 2.75) is 102 Å². The molecule has 5 aromatic carbocycles. The van der Waals surface area contributed by atoms with Crippen molar-refractivity contribution < 1.29 is 76.1 Å². The lowest BCUT2D eigenvalue weighted by Crippen LogP contribution is -2.68. The average Bonchev–Trinajstić information content (AvgIpc) is 3.67. The Kier molecular flexibility index (Phi) is 19.3. The van der Waals surface area contributed by atoms with E-state index in [2.05, 4.69) is 15.9 Å². The highest BCUT2D eigenvalue weighted by Gasteiger charge is 2.59. The second-order valence-electron chi connectivity index (χ2n) is 17.5. The van der Waals surface area contributed by atoms with E-state index < -0.39 is 125 Å². The second kappa shape index (κ2) is 25.9. The summed E-state index contributed by atoms with van der Waals surface area (Å²) in [5.74, 6) is -3.86. The minimum absolute atomic E-state index is 0.0339. The Morgan fingerprint density at radius 1 is 0.553 bits per heavy atom. The summed E-state index contributed by atoms with van der Waals surface area (Å²) in [6.07, 6.45) is -12.3. The van der Waals surface area contributed by atoms with Crippen LogP contribution < -0.4 is 9.47 Å². The van der Waals surface area contributed by atoms with E-state index in [1.165, 1.54) is 7.11 Å². The van der Waals surface area contributed by atoms with E-state index in [0.717, 1.165) is 37.5 Å². The average molecular weight is 1190 g/mol. The van der Waals surface area contributed by atoms with E-state index in [4.69, 9.17) is 98.5 Å². The van der Waals surface area contributed by atoms with Gasteiger partial charge in [0.05, 0.1) is 69.2 Å². The summed E-state index contributed by atoms with van der Waals surface area (Å²) in [6, 6.07) is 31.5.